The predicted octanol–water partition coefficient (Wildman–Crippen LogP) is 5.17. The molecule has 0 aliphatic heterocycles. The number of aryl methyl sites for hydroxylation is 4. The number of fused-ring (bicyclic) bond motifs is 1. The molecule has 0 bridgehead atoms. The van der Waals surface area contributed by atoms with Gasteiger partial charge in [-0.3, -0.25) is 0 Å². The summed E-state index contributed by atoms with van der Waals surface area (Å²) in [4.78, 5) is 4.84. The van der Waals surface area contributed by atoms with Gasteiger partial charge in [-0.2, -0.15) is 0 Å². The first-order valence-electron chi connectivity index (χ1n) is 10.3. The van der Waals surface area contributed by atoms with E-state index in [-0.39, 0.29) is 6.61 Å². The van der Waals surface area contributed by atoms with Gasteiger partial charge in [-0.1, -0.05) is 32.0 Å². The van der Waals surface area contributed by atoms with Gasteiger partial charge in [-0.25, -0.2) is 4.98 Å². The lowest BCUT2D eigenvalue weighted by Crippen LogP contribution is -2.09. The number of imidazole rings is 1. The molecule has 0 atom stereocenters. The Bertz CT molecular complexity index is 928. The molecule has 0 radical (unpaired) electrons. The predicted molar refractivity (Wildman–Crippen MR) is 115 cm³/mol. The molecule has 0 amide bonds. The minimum atomic E-state index is 0.191. The van der Waals surface area contributed by atoms with Gasteiger partial charge in [-0.05, 0) is 67.5 Å². The second-order valence-corrected chi connectivity index (χ2v) is 7.83. The summed E-state index contributed by atoms with van der Waals surface area (Å²) in [7, 11) is 0. The molecule has 0 fully saturated rings. The van der Waals surface area contributed by atoms with Crippen molar-refractivity contribution in [2.45, 2.75) is 59.4 Å². The first-order valence-corrected chi connectivity index (χ1v) is 10.3. The zero-order valence-electron chi connectivity index (χ0n) is 17.5. The number of rotatable bonds is 9. The highest BCUT2D eigenvalue weighted by molar-refractivity contribution is 5.78. The molecule has 1 heterocycles. The van der Waals surface area contributed by atoms with E-state index in [9.17, 15) is 5.11 Å². The van der Waals surface area contributed by atoms with Gasteiger partial charge in [0.2, 0.25) is 0 Å². The standard InChI is InChI=1S/C24H32N2O2/c1-17(2)20-9-5-6-10-23(20)28-14-8-12-26-22-16-19(4)18(3)15-21(22)25-24(26)11-7-13-27/h5-6,9-10,15-17,27H,7-8,11-14H2,1-4H3. The van der Waals surface area contributed by atoms with Crippen LogP contribution in [-0.4, -0.2) is 27.9 Å². The molecule has 0 saturated heterocycles. The molecule has 150 valence electrons. The quantitative estimate of drug-likeness (QED) is 0.521. The first kappa shape index (κ1) is 20.4. The molecule has 0 aliphatic carbocycles. The van der Waals surface area contributed by atoms with Crippen molar-refractivity contribution in [1.29, 1.82) is 0 Å². The zero-order valence-corrected chi connectivity index (χ0v) is 17.5. The lowest BCUT2D eigenvalue weighted by molar-refractivity contribution is 0.285. The number of hydrogen-bond acceptors (Lipinski definition) is 3. The molecule has 3 rings (SSSR count). The molecule has 0 spiro atoms. The van der Waals surface area contributed by atoms with E-state index in [1.165, 1.54) is 22.2 Å². The summed E-state index contributed by atoms with van der Waals surface area (Å²) >= 11 is 0. The summed E-state index contributed by atoms with van der Waals surface area (Å²) in [6.45, 7) is 10.4. The summed E-state index contributed by atoms with van der Waals surface area (Å²) in [6.07, 6.45) is 2.44. The highest BCUT2D eigenvalue weighted by Gasteiger charge is 2.12. The van der Waals surface area contributed by atoms with Gasteiger partial charge in [-0.15, -0.1) is 0 Å². The van der Waals surface area contributed by atoms with Crippen LogP contribution in [0.1, 0.15) is 55.1 Å². The maximum Gasteiger partial charge on any atom is 0.122 e. The average Bonchev–Trinajstić information content (AvgIpc) is 3.00. The summed E-state index contributed by atoms with van der Waals surface area (Å²) in [5.41, 5.74) is 6.02. The third-order valence-electron chi connectivity index (χ3n) is 5.33. The van der Waals surface area contributed by atoms with Crippen molar-refractivity contribution in [2.24, 2.45) is 0 Å². The molecule has 0 aliphatic rings. The van der Waals surface area contributed by atoms with E-state index in [1.54, 1.807) is 0 Å². The van der Waals surface area contributed by atoms with Crippen molar-refractivity contribution in [3.8, 4) is 5.75 Å². The highest BCUT2D eigenvalue weighted by Crippen LogP contribution is 2.26. The van der Waals surface area contributed by atoms with E-state index in [0.717, 1.165) is 42.9 Å². The number of ether oxygens (including phenoxy) is 1. The highest BCUT2D eigenvalue weighted by atomic mass is 16.5. The molecule has 0 saturated carbocycles. The second-order valence-electron chi connectivity index (χ2n) is 7.83. The minimum absolute atomic E-state index is 0.191. The first-order chi connectivity index (χ1) is 13.5. The zero-order chi connectivity index (χ0) is 20.1. The molecular weight excluding hydrogens is 348 g/mol. The van der Waals surface area contributed by atoms with Crippen molar-refractivity contribution < 1.29 is 9.84 Å². The number of hydrogen-bond donors (Lipinski definition) is 1. The fourth-order valence-corrected chi connectivity index (χ4v) is 3.60. The minimum Gasteiger partial charge on any atom is -0.493 e. The third kappa shape index (κ3) is 4.56. The number of aliphatic hydroxyl groups excluding tert-OH is 1. The number of nitrogens with zero attached hydrogens (tertiary/aromatic N) is 2. The summed E-state index contributed by atoms with van der Waals surface area (Å²) in [5, 5.41) is 9.24. The molecule has 1 aromatic heterocycles. The smallest absolute Gasteiger partial charge is 0.122 e. The molecular formula is C24H32N2O2. The van der Waals surface area contributed by atoms with E-state index in [0.29, 0.717) is 12.5 Å². The Morgan fingerprint density at radius 3 is 2.57 bits per heavy atom. The van der Waals surface area contributed by atoms with Gasteiger partial charge in [0.1, 0.15) is 11.6 Å². The number of aromatic nitrogens is 2. The van der Waals surface area contributed by atoms with Crippen LogP contribution in [0.25, 0.3) is 11.0 Å². The lowest BCUT2D eigenvalue weighted by Gasteiger charge is -2.14. The van der Waals surface area contributed by atoms with Gasteiger partial charge >= 0.3 is 0 Å². The maximum absolute atomic E-state index is 9.24. The van der Waals surface area contributed by atoms with Crippen LogP contribution in [0.3, 0.4) is 0 Å². The fraction of sp³-hybridized carbons (Fsp3) is 0.458. The van der Waals surface area contributed by atoms with Crippen LogP contribution in [-0.2, 0) is 13.0 Å². The van der Waals surface area contributed by atoms with Crippen molar-refractivity contribution in [3.63, 3.8) is 0 Å². The van der Waals surface area contributed by atoms with Crippen molar-refractivity contribution in [1.82, 2.24) is 9.55 Å². The summed E-state index contributed by atoms with van der Waals surface area (Å²) < 4.78 is 8.40. The molecule has 2 aromatic carbocycles. The van der Waals surface area contributed by atoms with Crippen LogP contribution >= 0.6 is 0 Å². The van der Waals surface area contributed by atoms with Crippen LogP contribution in [0.2, 0.25) is 0 Å². The van der Waals surface area contributed by atoms with E-state index < -0.39 is 0 Å². The summed E-state index contributed by atoms with van der Waals surface area (Å²) in [6, 6.07) is 12.7. The molecule has 4 heteroatoms. The number of benzene rings is 2. The molecule has 3 aromatic rings. The lowest BCUT2D eigenvalue weighted by atomic mass is 10.0. The van der Waals surface area contributed by atoms with Crippen LogP contribution in [0.15, 0.2) is 36.4 Å². The van der Waals surface area contributed by atoms with Crippen LogP contribution in [0.5, 0.6) is 5.75 Å². The van der Waals surface area contributed by atoms with Crippen LogP contribution in [0, 0.1) is 13.8 Å². The monoisotopic (exact) mass is 380 g/mol. The summed E-state index contributed by atoms with van der Waals surface area (Å²) in [5.74, 6) is 2.49. The van der Waals surface area contributed by atoms with Crippen LogP contribution < -0.4 is 4.74 Å². The Labute approximate surface area is 168 Å². The Morgan fingerprint density at radius 2 is 1.82 bits per heavy atom. The van der Waals surface area contributed by atoms with Crippen molar-refractivity contribution in [2.75, 3.05) is 13.2 Å². The van der Waals surface area contributed by atoms with Crippen molar-refractivity contribution >= 4 is 11.0 Å². The van der Waals surface area contributed by atoms with E-state index in [2.05, 4.69) is 62.6 Å². The second kappa shape index (κ2) is 9.24. The SMILES string of the molecule is Cc1cc2nc(CCCO)n(CCCOc3ccccc3C(C)C)c2cc1C. The normalized spacial score (nSPS) is 11.5. The van der Waals surface area contributed by atoms with Crippen LogP contribution in [0.4, 0.5) is 0 Å². The van der Waals surface area contributed by atoms with Gasteiger partial charge in [0.25, 0.3) is 0 Å². The van der Waals surface area contributed by atoms with E-state index >= 15 is 0 Å². The Morgan fingerprint density at radius 1 is 1.07 bits per heavy atom. The number of aliphatic hydroxyl groups is 1. The molecule has 1 N–H and O–H groups in total. The molecule has 0 unspecified atom stereocenters. The van der Waals surface area contributed by atoms with Gasteiger partial charge in [0, 0.05) is 19.6 Å². The Hall–Kier alpha value is -2.33. The molecule has 28 heavy (non-hydrogen) atoms. The fourth-order valence-electron chi connectivity index (χ4n) is 3.60. The molecule has 4 nitrogen and oxygen atoms in total. The Kier molecular flexibility index (Phi) is 6.74. The van der Waals surface area contributed by atoms with Gasteiger partial charge in [0.05, 0.1) is 17.6 Å². The largest absolute Gasteiger partial charge is 0.493 e. The third-order valence-corrected chi connectivity index (χ3v) is 5.33. The van der Waals surface area contributed by atoms with Gasteiger partial charge in [0.15, 0.2) is 0 Å². The van der Waals surface area contributed by atoms with Crippen molar-refractivity contribution in [3.05, 3.63) is 58.9 Å². The number of para-hydroxylation sites is 1. The average molecular weight is 381 g/mol. The van der Waals surface area contributed by atoms with Gasteiger partial charge < -0.3 is 14.4 Å². The maximum atomic E-state index is 9.24. The van der Waals surface area contributed by atoms with E-state index in [4.69, 9.17) is 9.72 Å². The topological polar surface area (TPSA) is 47.3 Å². The van der Waals surface area contributed by atoms with E-state index in [1.807, 2.05) is 6.07 Å². The Balaban J connectivity index is 1.73.